The Morgan fingerprint density at radius 2 is 2.06 bits per heavy atom. The maximum atomic E-state index is 3.79. The lowest BCUT2D eigenvalue weighted by atomic mass is 9.97. The summed E-state index contributed by atoms with van der Waals surface area (Å²) in [5.41, 5.74) is 0. The van der Waals surface area contributed by atoms with Gasteiger partial charge in [-0.1, -0.05) is 26.2 Å². The lowest BCUT2D eigenvalue weighted by Gasteiger charge is -2.20. The highest BCUT2D eigenvalue weighted by Crippen LogP contribution is 2.29. The van der Waals surface area contributed by atoms with E-state index in [1.165, 1.54) is 63.7 Å². The highest BCUT2D eigenvalue weighted by Gasteiger charge is 2.25. The molecule has 1 nitrogen and oxygen atoms in total. The van der Waals surface area contributed by atoms with E-state index in [1.807, 2.05) is 11.8 Å². The minimum Gasteiger partial charge on any atom is -0.314 e. The van der Waals surface area contributed by atoms with Crippen LogP contribution in [-0.4, -0.2) is 24.6 Å². The van der Waals surface area contributed by atoms with E-state index in [0.717, 1.165) is 12.0 Å². The molecule has 2 atom stereocenters. The highest BCUT2D eigenvalue weighted by atomic mass is 32.2. The largest absolute Gasteiger partial charge is 0.314 e. The number of rotatable bonds is 9. The topological polar surface area (TPSA) is 12.0 Å². The van der Waals surface area contributed by atoms with Crippen molar-refractivity contribution in [2.45, 2.75) is 64.3 Å². The molecule has 1 fully saturated rings. The summed E-state index contributed by atoms with van der Waals surface area (Å²) in [7, 11) is 0. The molecular formula is C14H29NS. The predicted octanol–water partition coefficient (Wildman–Crippen LogP) is 4.08. The molecule has 0 aromatic heterocycles. The summed E-state index contributed by atoms with van der Waals surface area (Å²) in [5, 5.41) is 3.79. The molecule has 2 unspecified atom stereocenters. The van der Waals surface area contributed by atoms with E-state index in [9.17, 15) is 0 Å². The quantitative estimate of drug-likeness (QED) is 0.612. The number of hydrogen-bond acceptors (Lipinski definition) is 2. The zero-order valence-electron chi connectivity index (χ0n) is 11.1. The molecule has 0 aliphatic heterocycles. The van der Waals surface area contributed by atoms with Gasteiger partial charge in [-0.2, -0.15) is 11.8 Å². The Hall–Kier alpha value is 0.310. The van der Waals surface area contributed by atoms with Crippen LogP contribution in [0.3, 0.4) is 0 Å². The van der Waals surface area contributed by atoms with Crippen LogP contribution in [0.15, 0.2) is 0 Å². The smallest absolute Gasteiger partial charge is 0.00953 e. The Kier molecular flexibility index (Phi) is 8.40. The van der Waals surface area contributed by atoms with Crippen LogP contribution in [0.5, 0.6) is 0 Å². The fourth-order valence-electron chi connectivity index (χ4n) is 2.78. The van der Waals surface area contributed by atoms with Crippen LogP contribution < -0.4 is 5.32 Å². The van der Waals surface area contributed by atoms with Gasteiger partial charge in [0.2, 0.25) is 0 Å². The van der Waals surface area contributed by atoms with Crippen molar-refractivity contribution in [3.05, 3.63) is 0 Å². The van der Waals surface area contributed by atoms with Gasteiger partial charge >= 0.3 is 0 Å². The van der Waals surface area contributed by atoms with E-state index >= 15 is 0 Å². The van der Waals surface area contributed by atoms with E-state index < -0.39 is 0 Å². The predicted molar refractivity (Wildman–Crippen MR) is 76.3 cm³/mol. The molecule has 0 amide bonds. The normalized spacial score (nSPS) is 25.1. The van der Waals surface area contributed by atoms with E-state index in [2.05, 4.69) is 18.5 Å². The molecule has 1 aliphatic carbocycles. The van der Waals surface area contributed by atoms with Gasteiger partial charge in [-0.25, -0.2) is 0 Å². The molecule has 0 aromatic rings. The van der Waals surface area contributed by atoms with E-state index in [1.54, 1.807) is 0 Å². The standard InChI is InChI=1S/C14H29NS/c1-3-4-8-13-9-7-10-14(13)15-11-5-6-12-16-2/h13-15H,3-12H2,1-2H3. The first kappa shape index (κ1) is 14.4. The number of nitrogens with one attached hydrogen (secondary N) is 1. The Labute approximate surface area is 106 Å². The van der Waals surface area contributed by atoms with Crippen LogP contribution in [0.25, 0.3) is 0 Å². The first-order valence-corrected chi connectivity index (χ1v) is 8.50. The molecule has 16 heavy (non-hydrogen) atoms. The van der Waals surface area contributed by atoms with Crippen molar-refractivity contribution in [3.8, 4) is 0 Å². The molecule has 0 saturated heterocycles. The monoisotopic (exact) mass is 243 g/mol. The molecule has 96 valence electrons. The zero-order chi connectivity index (χ0) is 11.6. The minimum absolute atomic E-state index is 0.848. The SMILES string of the molecule is CCCCC1CCCC1NCCCCSC. The average molecular weight is 243 g/mol. The number of unbranched alkanes of at least 4 members (excludes halogenated alkanes) is 2. The second kappa shape index (κ2) is 9.35. The van der Waals surface area contributed by atoms with Gasteiger partial charge in [0.15, 0.2) is 0 Å². The van der Waals surface area contributed by atoms with Crippen LogP contribution in [0.4, 0.5) is 0 Å². The zero-order valence-corrected chi connectivity index (χ0v) is 12.0. The molecule has 0 radical (unpaired) electrons. The van der Waals surface area contributed by atoms with Crippen LogP contribution in [0.1, 0.15) is 58.3 Å². The lowest BCUT2D eigenvalue weighted by molar-refractivity contribution is 0.368. The summed E-state index contributed by atoms with van der Waals surface area (Å²) in [4.78, 5) is 0. The molecule has 1 rings (SSSR count). The summed E-state index contributed by atoms with van der Waals surface area (Å²) in [6.07, 6.45) is 13.5. The molecular weight excluding hydrogens is 214 g/mol. The Bertz CT molecular complexity index is 161. The van der Waals surface area contributed by atoms with Crippen molar-refractivity contribution in [3.63, 3.8) is 0 Å². The van der Waals surface area contributed by atoms with Gasteiger partial charge in [-0.05, 0) is 56.6 Å². The minimum atomic E-state index is 0.848. The third kappa shape index (κ3) is 5.58. The maximum Gasteiger partial charge on any atom is 0.00953 e. The Morgan fingerprint density at radius 3 is 2.81 bits per heavy atom. The van der Waals surface area contributed by atoms with Crippen LogP contribution in [-0.2, 0) is 0 Å². The summed E-state index contributed by atoms with van der Waals surface area (Å²) in [6, 6.07) is 0.848. The Balaban J connectivity index is 2.05. The maximum absolute atomic E-state index is 3.79. The second-order valence-corrected chi connectivity index (χ2v) is 6.08. The summed E-state index contributed by atoms with van der Waals surface area (Å²) in [5.74, 6) is 2.31. The van der Waals surface area contributed by atoms with Crippen molar-refractivity contribution >= 4 is 11.8 Å². The van der Waals surface area contributed by atoms with Crippen LogP contribution in [0.2, 0.25) is 0 Å². The van der Waals surface area contributed by atoms with Gasteiger partial charge in [0.1, 0.15) is 0 Å². The molecule has 1 saturated carbocycles. The number of hydrogen-bond donors (Lipinski definition) is 1. The molecule has 0 spiro atoms. The summed E-state index contributed by atoms with van der Waals surface area (Å²) >= 11 is 1.97. The van der Waals surface area contributed by atoms with Crippen LogP contribution >= 0.6 is 11.8 Å². The van der Waals surface area contributed by atoms with Gasteiger partial charge in [-0.3, -0.25) is 0 Å². The average Bonchev–Trinajstić information content (AvgIpc) is 2.74. The van der Waals surface area contributed by atoms with E-state index in [-0.39, 0.29) is 0 Å². The van der Waals surface area contributed by atoms with Gasteiger partial charge < -0.3 is 5.32 Å². The molecule has 0 heterocycles. The van der Waals surface area contributed by atoms with E-state index in [4.69, 9.17) is 0 Å². The first-order chi connectivity index (χ1) is 7.88. The molecule has 0 aromatic carbocycles. The van der Waals surface area contributed by atoms with Crippen molar-refractivity contribution in [1.29, 1.82) is 0 Å². The summed E-state index contributed by atoms with van der Waals surface area (Å²) in [6.45, 7) is 3.55. The summed E-state index contributed by atoms with van der Waals surface area (Å²) < 4.78 is 0. The van der Waals surface area contributed by atoms with Gasteiger partial charge in [0.25, 0.3) is 0 Å². The molecule has 1 N–H and O–H groups in total. The van der Waals surface area contributed by atoms with Gasteiger partial charge in [0, 0.05) is 6.04 Å². The third-order valence-corrected chi connectivity index (χ3v) is 4.47. The van der Waals surface area contributed by atoms with Gasteiger partial charge in [-0.15, -0.1) is 0 Å². The van der Waals surface area contributed by atoms with Gasteiger partial charge in [0.05, 0.1) is 0 Å². The van der Waals surface area contributed by atoms with Crippen molar-refractivity contribution in [1.82, 2.24) is 5.32 Å². The van der Waals surface area contributed by atoms with Crippen molar-refractivity contribution in [2.24, 2.45) is 5.92 Å². The van der Waals surface area contributed by atoms with Crippen molar-refractivity contribution in [2.75, 3.05) is 18.6 Å². The Morgan fingerprint density at radius 1 is 1.19 bits per heavy atom. The fraction of sp³-hybridized carbons (Fsp3) is 1.00. The second-order valence-electron chi connectivity index (χ2n) is 5.09. The lowest BCUT2D eigenvalue weighted by Crippen LogP contribution is -2.33. The molecule has 0 bridgehead atoms. The number of thioether (sulfide) groups is 1. The van der Waals surface area contributed by atoms with Crippen LogP contribution in [0, 0.1) is 5.92 Å². The van der Waals surface area contributed by atoms with E-state index in [0.29, 0.717) is 0 Å². The molecule has 2 heteroatoms. The first-order valence-electron chi connectivity index (χ1n) is 7.10. The third-order valence-electron chi connectivity index (χ3n) is 3.77. The molecule has 1 aliphatic rings. The van der Waals surface area contributed by atoms with Crippen molar-refractivity contribution < 1.29 is 0 Å². The highest BCUT2D eigenvalue weighted by molar-refractivity contribution is 7.98. The fourth-order valence-corrected chi connectivity index (χ4v) is 3.27.